The van der Waals surface area contributed by atoms with E-state index in [-0.39, 0.29) is 18.9 Å². The summed E-state index contributed by atoms with van der Waals surface area (Å²) in [6.45, 7) is 38.3. The van der Waals surface area contributed by atoms with Gasteiger partial charge in [-0.05, 0) is 147 Å². The standard InChI is InChI=1S/C33H47N3O4Si.C24H41NO5Si/c1-22(2)41(23(3)4,24(5)6)40-29-14-11-25(12-15-29)30(17-19-35-32(38)39-33(7,8)9)31(37)36-28-13-10-27-21-34-18-16-26(27)20-28;1-16(2)31(17(3)4,18(5)6)30-20-12-10-19(11-13-20)21(22(26)27)14-15-25-23(28)29-24(7,8)9/h10-16,18,20-24,30H,17,19H2,1-9H3,(H,35,38)(H,36,37);10-13,16-18,21H,14-15H2,1-9H3,(H,25,28)(H,26,27). The van der Waals surface area contributed by atoms with Crippen molar-refractivity contribution in [2.45, 2.75) is 194 Å². The fourth-order valence-corrected chi connectivity index (χ4v) is 20.7. The van der Waals surface area contributed by atoms with Gasteiger partial charge < -0.3 is 39.4 Å². The highest BCUT2D eigenvalue weighted by Gasteiger charge is 2.48. The molecule has 4 N–H and O–H groups in total. The Hall–Kier alpha value is -5.42. The lowest BCUT2D eigenvalue weighted by Gasteiger charge is -2.42. The molecule has 0 saturated heterocycles. The van der Waals surface area contributed by atoms with Gasteiger partial charge in [0.05, 0.1) is 11.8 Å². The van der Waals surface area contributed by atoms with E-state index in [0.717, 1.165) is 27.8 Å². The van der Waals surface area contributed by atoms with Gasteiger partial charge >= 0.3 is 18.2 Å². The molecule has 2 atom stereocenters. The molecule has 0 saturated carbocycles. The molecule has 3 aromatic carbocycles. The summed E-state index contributed by atoms with van der Waals surface area (Å²) in [5.41, 5.74) is 3.81. The van der Waals surface area contributed by atoms with Crippen LogP contribution in [-0.4, -0.2) is 75.1 Å². The maximum absolute atomic E-state index is 13.6. The van der Waals surface area contributed by atoms with Crippen molar-refractivity contribution in [3.05, 3.63) is 96.3 Å². The number of hydrogen-bond donors (Lipinski definition) is 4. The van der Waals surface area contributed by atoms with E-state index in [0.29, 0.717) is 57.5 Å². The first-order chi connectivity index (χ1) is 33.4. The average Bonchev–Trinajstić information content (AvgIpc) is 3.26. The normalized spacial score (nSPS) is 13.2. The molecule has 0 aliphatic carbocycles. The number of carbonyl (C=O) groups is 4. The lowest BCUT2D eigenvalue weighted by Crippen LogP contribution is -2.50. The predicted octanol–water partition coefficient (Wildman–Crippen LogP) is 14.8. The number of carboxylic acids is 1. The summed E-state index contributed by atoms with van der Waals surface area (Å²) in [4.78, 5) is 53.7. The van der Waals surface area contributed by atoms with Crippen molar-refractivity contribution in [1.82, 2.24) is 15.6 Å². The molecule has 1 heterocycles. The number of nitrogens with one attached hydrogen (secondary N) is 3. The first-order valence-corrected chi connectivity index (χ1v) is 30.1. The number of carboxylic acid groups (broad SMARTS) is 1. The van der Waals surface area contributed by atoms with E-state index in [1.165, 1.54) is 0 Å². The Balaban J connectivity index is 0.000000396. The van der Waals surface area contributed by atoms with Crippen LogP contribution in [0.3, 0.4) is 0 Å². The highest BCUT2D eigenvalue weighted by atomic mass is 28.4. The van der Waals surface area contributed by atoms with Crippen molar-refractivity contribution in [1.29, 1.82) is 0 Å². The summed E-state index contributed by atoms with van der Waals surface area (Å²) in [6.07, 6.45) is 3.17. The molecular weight excluding hydrogens is 941 g/mol. The van der Waals surface area contributed by atoms with Crippen LogP contribution < -0.4 is 24.8 Å². The van der Waals surface area contributed by atoms with Gasteiger partial charge in [-0.2, -0.15) is 0 Å². The number of pyridine rings is 1. The predicted molar refractivity (Wildman–Crippen MR) is 297 cm³/mol. The Kier molecular flexibility index (Phi) is 22.4. The number of aromatic nitrogens is 1. The van der Waals surface area contributed by atoms with E-state index >= 15 is 0 Å². The highest BCUT2D eigenvalue weighted by Crippen LogP contribution is 2.44. The van der Waals surface area contributed by atoms with Crippen molar-refractivity contribution in [2.24, 2.45) is 0 Å². The van der Waals surface area contributed by atoms with Crippen LogP contribution in [0.1, 0.15) is 160 Å². The molecule has 15 heteroatoms. The molecule has 0 fully saturated rings. The van der Waals surface area contributed by atoms with Gasteiger partial charge in [0.15, 0.2) is 0 Å². The highest BCUT2D eigenvalue weighted by molar-refractivity contribution is 6.78. The Morgan fingerprint density at radius 3 is 1.31 bits per heavy atom. The zero-order valence-electron chi connectivity index (χ0n) is 46.7. The fourth-order valence-electron chi connectivity index (χ4n) is 10.2. The summed E-state index contributed by atoms with van der Waals surface area (Å²) < 4.78 is 24.1. The molecule has 2 unspecified atom stereocenters. The van der Waals surface area contributed by atoms with Crippen molar-refractivity contribution in [3.8, 4) is 11.5 Å². The number of nitrogens with zero attached hydrogens (tertiary/aromatic N) is 1. The molecule has 1 aromatic heterocycles. The quantitative estimate of drug-likeness (QED) is 0.0588. The zero-order valence-corrected chi connectivity index (χ0v) is 48.7. The van der Waals surface area contributed by atoms with Crippen LogP contribution in [0, 0.1) is 0 Å². The summed E-state index contributed by atoms with van der Waals surface area (Å²) in [6, 6.07) is 23.0. The van der Waals surface area contributed by atoms with Crippen molar-refractivity contribution < 1.29 is 42.6 Å². The summed E-state index contributed by atoms with van der Waals surface area (Å²) in [7, 11) is -4.17. The van der Waals surface area contributed by atoms with E-state index in [2.05, 4.69) is 104 Å². The first kappa shape index (κ1) is 60.9. The summed E-state index contributed by atoms with van der Waals surface area (Å²) in [5.74, 6) is -0.641. The van der Waals surface area contributed by atoms with Gasteiger partial charge in [-0.1, -0.05) is 113 Å². The maximum atomic E-state index is 13.6. The molecular formula is C57H88N4O9Si2. The number of alkyl carbamates (subject to hydrolysis) is 2. The third kappa shape index (κ3) is 17.4. The second kappa shape index (κ2) is 26.5. The topological polar surface area (TPSA) is 174 Å². The number of aliphatic carboxylic acids is 1. The Morgan fingerprint density at radius 1 is 0.542 bits per heavy atom. The lowest BCUT2D eigenvalue weighted by atomic mass is 9.94. The molecule has 4 aromatic rings. The largest absolute Gasteiger partial charge is 0.543 e. The second-order valence-electron chi connectivity index (χ2n) is 22.8. The Bertz CT molecular complexity index is 2310. The van der Waals surface area contributed by atoms with Gasteiger partial charge in [0.2, 0.25) is 5.91 Å². The molecule has 4 rings (SSSR count). The second-order valence-corrected chi connectivity index (χ2v) is 33.5. The minimum absolute atomic E-state index is 0.145. The van der Waals surface area contributed by atoms with E-state index < -0.39 is 57.8 Å². The third-order valence-electron chi connectivity index (χ3n) is 13.3. The van der Waals surface area contributed by atoms with Crippen LogP contribution in [-0.2, 0) is 19.1 Å². The molecule has 0 aliphatic rings. The molecule has 398 valence electrons. The van der Waals surface area contributed by atoms with Crippen molar-refractivity contribution >= 4 is 57.2 Å². The fraction of sp³-hybridized carbons (Fsp3) is 0.561. The molecule has 0 bridgehead atoms. The van der Waals surface area contributed by atoms with Gasteiger partial charge in [-0.25, -0.2) is 9.59 Å². The molecule has 0 aliphatic heterocycles. The van der Waals surface area contributed by atoms with Crippen LogP contribution in [0.4, 0.5) is 15.3 Å². The van der Waals surface area contributed by atoms with Crippen LogP contribution in [0.25, 0.3) is 10.8 Å². The van der Waals surface area contributed by atoms with E-state index in [4.69, 9.17) is 18.3 Å². The Labute approximate surface area is 433 Å². The van der Waals surface area contributed by atoms with Crippen molar-refractivity contribution in [3.63, 3.8) is 0 Å². The van der Waals surface area contributed by atoms with Gasteiger partial charge in [0, 0.05) is 36.6 Å². The number of fused-ring (bicyclic) bond motifs is 1. The SMILES string of the molecule is CC(C)[Si](Oc1ccc(C(CCNC(=O)OC(C)(C)C)C(=O)Nc2ccc3cnccc3c2)cc1)(C(C)C)C(C)C.CC(C)[Si](Oc1ccc(C(CCNC(=O)OC(C)(C)C)C(=O)O)cc1)(C(C)C)C(C)C. The average molecular weight is 1030 g/mol. The summed E-state index contributed by atoms with van der Waals surface area (Å²) in [5, 5.41) is 20.2. The van der Waals surface area contributed by atoms with Gasteiger partial charge in [0.1, 0.15) is 22.7 Å². The smallest absolute Gasteiger partial charge is 0.407 e. The van der Waals surface area contributed by atoms with Crippen LogP contribution in [0.5, 0.6) is 11.5 Å². The monoisotopic (exact) mass is 1030 g/mol. The van der Waals surface area contributed by atoms with E-state index in [1.54, 1.807) is 33.2 Å². The van der Waals surface area contributed by atoms with Gasteiger partial charge in [-0.3, -0.25) is 14.6 Å². The van der Waals surface area contributed by atoms with Crippen molar-refractivity contribution in [2.75, 3.05) is 18.4 Å². The molecule has 72 heavy (non-hydrogen) atoms. The van der Waals surface area contributed by atoms with Crippen LogP contribution in [0.15, 0.2) is 85.2 Å². The molecule has 13 nitrogen and oxygen atoms in total. The lowest BCUT2D eigenvalue weighted by molar-refractivity contribution is -0.139. The third-order valence-corrected chi connectivity index (χ3v) is 25.3. The molecule has 3 amide bonds. The number of benzene rings is 3. The minimum Gasteiger partial charge on any atom is -0.543 e. The number of hydrogen-bond acceptors (Lipinski definition) is 9. The van der Waals surface area contributed by atoms with E-state index in [9.17, 15) is 24.3 Å². The minimum atomic E-state index is -2.11. The molecule has 0 spiro atoms. The van der Waals surface area contributed by atoms with Gasteiger partial charge in [-0.15, -0.1) is 0 Å². The zero-order chi connectivity index (χ0) is 54.4. The molecule has 0 radical (unpaired) electrons. The van der Waals surface area contributed by atoms with E-state index in [1.807, 2.05) is 93.6 Å². The number of amides is 3. The number of carbonyl (C=O) groups excluding carboxylic acids is 3. The van der Waals surface area contributed by atoms with Crippen LogP contribution >= 0.6 is 0 Å². The van der Waals surface area contributed by atoms with Gasteiger partial charge in [0.25, 0.3) is 16.6 Å². The first-order valence-electron chi connectivity index (χ1n) is 25.8. The number of ether oxygens (including phenoxy) is 2. The maximum Gasteiger partial charge on any atom is 0.407 e. The summed E-state index contributed by atoms with van der Waals surface area (Å²) >= 11 is 0. The number of rotatable bonds is 21. The Morgan fingerprint density at radius 2 is 0.931 bits per heavy atom. The number of anilines is 1. The van der Waals surface area contributed by atoms with Crippen LogP contribution in [0.2, 0.25) is 33.2 Å².